The van der Waals surface area contributed by atoms with Crippen molar-refractivity contribution in [2.24, 2.45) is 5.92 Å². The maximum Gasteiger partial charge on any atom is 0.118 e. The average Bonchev–Trinajstić information content (AvgIpc) is 3.00. The molecule has 0 bridgehead atoms. The fourth-order valence-corrected chi connectivity index (χ4v) is 3.24. The SMILES string of the molecule is CCN(Cc1ccc(C2CC2C)o1)C1CCCNC1. The summed E-state index contributed by atoms with van der Waals surface area (Å²) in [7, 11) is 0. The largest absolute Gasteiger partial charge is 0.464 e. The molecule has 1 saturated carbocycles. The Hall–Kier alpha value is -0.800. The van der Waals surface area contributed by atoms with Gasteiger partial charge in [-0.05, 0) is 50.4 Å². The van der Waals surface area contributed by atoms with Gasteiger partial charge in [-0.2, -0.15) is 0 Å². The highest BCUT2D eigenvalue weighted by Crippen LogP contribution is 2.47. The van der Waals surface area contributed by atoms with Gasteiger partial charge in [0.15, 0.2) is 0 Å². The van der Waals surface area contributed by atoms with E-state index >= 15 is 0 Å². The maximum atomic E-state index is 6.04. The molecule has 3 rings (SSSR count). The monoisotopic (exact) mass is 262 g/mol. The van der Waals surface area contributed by atoms with E-state index in [2.05, 4.69) is 36.2 Å². The molecule has 0 radical (unpaired) electrons. The summed E-state index contributed by atoms with van der Waals surface area (Å²) in [6.07, 6.45) is 3.91. The van der Waals surface area contributed by atoms with Crippen molar-refractivity contribution in [3.05, 3.63) is 23.7 Å². The van der Waals surface area contributed by atoms with Crippen LogP contribution in [0.15, 0.2) is 16.5 Å². The number of hydrogen-bond donors (Lipinski definition) is 1. The normalized spacial score (nSPS) is 30.8. The quantitative estimate of drug-likeness (QED) is 0.884. The molecule has 3 heteroatoms. The van der Waals surface area contributed by atoms with Crippen molar-refractivity contribution in [1.29, 1.82) is 0 Å². The van der Waals surface area contributed by atoms with Crippen LogP contribution in [0.1, 0.15) is 50.5 Å². The Labute approximate surface area is 116 Å². The van der Waals surface area contributed by atoms with Crippen molar-refractivity contribution in [1.82, 2.24) is 10.2 Å². The lowest BCUT2D eigenvalue weighted by Crippen LogP contribution is -2.45. The van der Waals surface area contributed by atoms with E-state index in [0.29, 0.717) is 12.0 Å². The Morgan fingerprint density at radius 3 is 2.89 bits per heavy atom. The Balaban J connectivity index is 1.60. The maximum absolute atomic E-state index is 6.04. The van der Waals surface area contributed by atoms with Crippen molar-refractivity contribution >= 4 is 0 Å². The van der Waals surface area contributed by atoms with E-state index in [1.807, 2.05) is 0 Å². The van der Waals surface area contributed by atoms with Crippen molar-refractivity contribution in [3.63, 3.8) is 0 Å². The molecule has 2 heterocycles. The number of hydrogen-bond acceptors (Lipinski definition) is 3. The molecule has 1 aliphatic heterocycles. The molecule has 2 aliphatic rings. The molecule has 1 aliphatic carbocycles. The van der Waals surface area contributed by atoms with Gasteiger partial charge >= 0.3 is 0 Å². The Morgan fingerprint density at radius 1 is 1.42 bits per heavy atom. The molecule has 2 fully saturated rings. The Morgan fingerprint density at radius 2 is 2.26 bits per heavy atom. The van der Waals surface area contributed by atoms with Crippen LogP contribution in [0.4, 0.5) is 0 Å². The van der Waals surface area contributed by atoms with Crippen molar-refractivity contribution in [3.8, 4) is 0 Å². The summed E-state index contributed by atoms with van der Waals surface area (Å²) in [5.74, 6) is 3.87. The van der Waals surface area contributed by atoms with Crippen molar-refractivity contribution < 1.29 is 4.42 Å². The molecule has 0 spiro atoms. The molecular formula is C16H26N2O. The van der Waals surface area contributed by atoms with E-state index < -0.39 is 0 Å². The van der Waals surface area contributed by atoms with Crippen LogP contribution in [-0.2, 0) is 6.54 Å². The fraction of sp³-hybridized carbons (Fsp3) is 0.750. The highest BCUT2D eigenvalue weighted by molar-refractivity contribution is 5.17. The van der Waals surface area contributed by atoms with Gasteiger partial charge in [-0.25, -0.2) is 0 Å². The second-order valence-corrected chi connectivity index (χ2v) is 6.19. The zero-order chi connectivity index (χ0) is 13.2. The van der Waals surface area contributed by atoms with Crippen LogP contribution < -0.4 is 5.32 Å². The van der Waals surface area contributed by atoms with Crippen molar-refractivity contribution in [2.45, 2.75) is 51.6 Å². The fourth-order valence-electron chi connectivity index (χ4n) is 3.24. The third kappa shape index (κ3) is 3.03. The highest BCUT2D eigenvalue weighted by atomic mass is 16.3. The third-order valence-electron chi connectivity index (χ3n) is 4.71. The molecule has 19 heavy (non-hydrogen) atoms. The topological polar surface area (TPSA) is 28.4 Å². The second kappa shape index (κ2) is 5.68. The predicted octanol–water partition coefficient (Wildman–Crippen LogP) is 2.98. The van der Waals surface area contributed by atoms with Gasteiger partial charge in [-0.3, -0.25) is 4.90 Å². The molecule has 1 aromatic rings. The summed E-state index contributed by atoms with van der Waals surface area (Å²) in [5.41, 5.74) is 0. The number of piperidine rings is 1. The first-order chi connectivity index (χ1) is 9.28. The van der Waals surface area contributed by atoms with E-state index in [1.165, 1.54) is 31.6 Å². The van der Waals surface area contributed by atoms with Crippen molar-refractivity contribution in [2.75, 3.05) is 19.6 Å². The van der Waals surface area contributed by atoms with E-state index in [0.717, 1.165) is 31.3 Å². The summed E-state index contributed by atoms with van der Waals surface area (Å²) in [4.78, 5) is 2.55. The van der Waals surface area contributed by atoms with Gasteiger partial charge in [-0.1, -0.05) is 13.8 Å². The van der Waals surface area contributed by atoms with Gasteiger partial charge in [0.05, 0.1) is 6.54 Å². The summed E-state index contributed by atoms with van der Waals surface area (Å²) >= 11 is 0. The molecule has 1 N–H and O–H groups in total. The van der Waals surface area contributed by atoms with Gasteiger partial charge in [0.2, 0.25) is 0 Å². The first-order valence-electron chi connectivity index (χ1n) is 7.81. The molecule has 0 aromatic carbocycles. The Kier molecular flexibility index (Phi) is 3.94. The van der Waals surface area contributed by atoms with Crippen LogP contribution in [0.25, 0.3) is 0 Å². The number of nitrogens with zero attached hydrogens (tertiary/aromatic N) is 1. The summed E-state index contributed by atoms with van der Waals surface area (Å²) in [6.45, 7) is 8.92. The van der Waals surface area contributed by atoms with Gasteiger partial charge in [0, 0.05) is 18.5 Å². The number of nitrogens with one attached hydrogen (secondary N) is 1. The summed E-state index contributed by atoms with van der Waals surface area (Å²) in [5, 5.41) is 3.50. The number of rotatable bonds is 5. The van der Waals surface area contributed by atoms with Crippen LogP contribution >= 0.6 is 0 Å². The third-order valence-corrected chi connectivity index (χ3v) is 4.71. The molecule has 3 atom stereocenters. The number of likely N-dealkylation sites (N-methyl/N-ethyl adjacent to an activating group) is 1. The minimum atomic E-state index is 0.673. The highest BCUT2D eigenvalue weighted by Gasteiger charge is 2.36. The first kappa shape index (κ1) is 13.2. The predicted molar refractivity (Wildman–Crippen MR) is 77.2 cm³/mol. The molecule has 0 amide bonds. The Bertz CT molecular complexity index is 409. The minimum Gasteiger partial charge on any atom is -0.464 e. The lowest BCUT2D eigenvalue weighted by molar-refractivity contribution is 0.154. The zero-order valence-corrected chi connectivity index (χ0v) is 12.2. The molecule has 3 unspecified atom stereocenters. The summed E-state index contributed by atoms with van der Waals surface area (Å²) < 4.78 is 6.04. The molecule has 3 nitrogen and oxygen atoms in total. The lowest BCUT2D eigenvalue weighted by atomic mass is 10.1. The van der Waals surface area contributed by atoms with Gasteiger partial charge in [-0.15, -0.1) is 0 Å². The van der Waals surface area contributed by atoms with Gasteiger partial charge in [0.25, 0.3) is 0 Å². The van der Waals surface area contributed by atoms with Crippen LogP contribution in [0.2, 0.25) is 0 Å². The minimum absolute atomic E-state index is 0.673. The lowest BCUT2D eigenvalue weighted by Gasteiger charge is -2.33. The van der Waals surface area contributed by atoms with Gasteiger partial charge < -0.3 is 9.73 Å². The van der Waals surface area contributed by atoms with E-state index in [-0.39, 0.29) is 0 Å². The molecule has 1 saturated heterocycles. The van der Waals surface area contributed by atoms with Crippen LogP contribution in [0.3, 0.4) is 0 Å². The molecule has 106 valence electrons. The second-order valence-electron chi connectivity index (χ2n) is 6.19. The standard InChI is InChI=1S/C16H26N2O/c1-3-18(13-5-4-8-17-10-13)11-14-6-7-16(19-14)15-9-12(15)2/h6-7,12-13,15,17H,3-5,8-11H2,1-2H3. The molecule has 1 aromatic heterocycles. The van der Waals surface area contributed by atoms with E-state index in [4.69, 9.17) is 4.42 Å². The smallest absolute Gasteiger partial charge is 0.118 e. The first-order valence-corrected chi connectivity index (χ1v) is 7.81. The van der Waals surface area contributed by atoms with Crippen LogP contribution in [-0.4, -0.2) is 30.6 Å². The van der Waals surface area contributed by atoms with E-state index in [9.17, 15) is 0 Å². The summed E-state index contributed by atoms with van der Waals surface area (Å²) in [6, 6.07) is 5.04. The average molecular weight is 262 g/mol. The van der Waals surface area contributed by atoms with E-state index in [1.54, 1.807) is 0 Å². The van der Waals surface area contributed by atoms with Gasteiger partial charge in [0.1, 0.15) is 11.5 Å². The van der Waals surface area contributed by atoms with Crippen LogP contribution in [0, 0.1) is 5.92 Å². The zero-order valence-electron chi connectivity index (χ0n) is 12.2. The number of furan rings is 1. The molecular weight excluding hydrogens is 236 g/mol. The van der Waals surface area contributed by atoms with Crippen LogP contribution in [0.5, 0.6) is 0 Å².